The first-order valence-corrected chi connectivity index (χ1v) is 9.76. The molecule has 0 aliphatic rings. The number of hydrogen-bond acceptors (Lipinski definition) is 3. The second-order valence-corrected chi connectivity index (χ2v) is 6.95. The number of rotatable bonds is 8. The van der Waals surface area contributed by atoms with Gasteiger partial charge in [0, 0.05) is 26.3 Å². The fourth-order valence-corrected chi connectivity index (χ4v) is 3.08. The minimum absolute atomic E-state index is 0.173. The lowest BCUT2D eigenvalue weighted by Gasteiger charge is -2.15. The summed E-state index contributed by atoms with van der Waals surface area (Å²) in [5, 5.41) is 2.83. The van der Waals surface area contributed by atoms with Crippen molar-refractivity contribution in [2.24, 2.45) is 0 Å². The average Bonchev–Trinajstić information content (AvgIpc) is 3.12. The summed E-state index contributed by atoms with van der Waals surface area (Å²) in [6, 6.07) is 11.6. The van der Waals surface area contributed by atoms with E-state index in [1.807, 2.05) is 6.07 Å². The van der Waals surface area contributed by atoms with Gasteiger partial charge in [0.15, 0.2) is 5.69 Å². The Labute approximate surface area is 169 Å². The van der Waals surface area contributed by atoms with E-state index in [2.05, 4.69) is 17.2 Å². The Morgan fingerprint density at radius 2 is 1.93 bits per heavy atom. The summed E-state index contributed by atoms with van der Waals surface area (Å²) in [4.78, 5) is 31.5. The van der Waals surface area contributed by atoms with E-state index < -0.39 is 0 Å². The van der Waals surface area contributed by atoms with Crippen LogP contribution in [0.15, 0.2) is 48.7 Å². The highest BCUT2D eigenvalue weighted by atomic mass is 19.1. The third-order valence-electron chi connectivity index (χ3n) is 4.76. The molecule has 0 spiro atoms. The molecule has 0 fully saturated rings. The van der Waals surface area contributed by atoms with Gasteiger partial charge in [0.05, 0.1) is 5.52 Å². The second-order valence-electron chi connectivity index (χ2n) is 6.95. The highest BCUT2D eigenvalue weighted by Crippen LogP contribution is 2.15. The van der Waals surface area contributed by atoms with Crippen molar-refractivity contribution in [3.8, 4) is 0 Å². The van der Waals surface area contributed by atoms with Crippen LogP contribution < -0.4 is 5.32 Å². The molecule has 0 unspecified atom stereocenters. The zero-order chi connectivity index (χ0) is 20.8. The molecule has 29 heavy (non-hydrogen) atoms. The molecule has 0 bridgehead atoms. The maximum Gasteiger partial charge on any atom is 0.287 e. The van der Waals surface area contributed by atoms with Crippen molar-refractivity contribution < 1.29 is 14.0 Å². The lowest BCUT2D eigenvalue weighted by Crippen LogP contribution is -2.29. The number of benzene rings is 1. The topological polar surface area (TPSA) is 66.7 Å². The molecule has 3 aromatic rings. The van der Waals surface area contributed by atoms with Crippen LogP contribution in [0.3, 0.4) is 0 Å². The van der Waals surface area contributed by atoms with E-state index >= 15 is 0 Å². The number of nitrogens with one attached hydrogen (secondary N) is 1. The Balaban J connectivity index is 1.75. The van der Waals surface area contributed by atoms with Gasteiger partial charge in [-0.05, 0) is 42.7 Å². The fraction of sp³-hybridized carbons (Fsp3) is 0.318. The second kappa shape index (κ2) is 9.32. The lowest BCUT2D eigenvalue weighted by molar-refractivity contribution is 0.0790. The van der Waals surface area contributed by atoms with E-state index in [-0.39, 0.29) is 29.1 Å². The smallest absolute Gasteiger partial charge is 0.287 e. The van der Waals surface area contributed by atoms with E-state index in [9.17, 15) is 14.0 Å². The average molecular weight is 396 g/mol. The van der Waals surface area contributed by atoms with Gasteiger partial charge < -0.3 is 10.2 Å². The van der Waals surface area contributed by atoms with Gasteiger partial charge in [-0.2, -0.15) is 0 Å². The molecule has 2 amide bonds. The van der Waals surface area contributed by atoms with E-state index in [0.717, 1.165) is 18.4 Å². The summed E-state index contributed by atoms with van der Waals surface area (Å²) < 4.78 is 14.6. The molecule has 0 saturated carbocycles. The summed E-state index contributed by atoms with van der Waals surface area (Å²) in [6.07, 6.45) is 4.19. The number of halogens is 1. The van der Waals surface area contributed by atoms with Crippen molar-refractivity contribution in [1.29, 1.82) is 0 Å². The maximum absolute atomic E-state index is 13.0. The van der Waals surface area contributed by atoms with E-state index in [4.69, 9.17) is 0 Å². The number of aromatic nitrogens is 2. The van der Waals surface area contributed by atoms with Crippen molar-refractivity contribution >= 4 is 17.3 Å². The summed E-state index contributed by atoms with van der Waals surface area (Å²) >= 11 is 0. The van der Waals surface area contributed by atoms with Crippen molar-refractivity contribution in [2.75, 3.05) is 20.1 Å². The molecule has 1 N–H and O–H groups in total. The number of unbranched alkanes of at least 4 members (excludes halogenated alkanes) is 1. The van der Waals surface area contributed by atoms with Gasteiger partial charge in [-0.15, -0.1) is 0 Å². The van der Waals surface area contributed by atoms with Crippen LogP contribution in [0.2, 0.25) is 0 Å². The largest absolute Gasteiger partial charge is 0.349 e. The van der Waals surface area contributed by atoms with Gasteiger partial charge >= 0.3 is 0 Å². The van der Waals surface area contributed by atoms with Crippen molar-refractivity contribution in [3.05, 3.63) is 71.6 Å². The standard InChI is InChI=1S/C22H25FN4O2/c1-3-4-14-26(2)22(29)19-18-7-5-6-15-27(18)20(25-19)21(28)24-13-12-16-8-10-17(23)11-9-16/h5-11,15H,3-4,12-14H2,1-2H3,(H,24,28). The molecule has 3 rings (SSSR count). The SMILES string of the molecule is CCCCN(C)C(=O)c1nc(C(=O)NCCc2ccc(F)cc2)n2ccccc12. The predicted molar refractivity (Wildman–Crippen MR) is 109 cm³/mol. The van der Waals surface area contributed by atoms with Gasteiger partial charge in [0.25, 0.3) is 11.8 Å². The maximum atomic E-state index is 13.0. The molecule has 0 saturated heterocycles. The number of hydrogen-bond donors (Lipinski definition) is 1. The van der Waals surface area contributed by atoms with Gasteiger partial charge in [-0.1, -0.05) is 31.5 Å². The van der Waals surface area contributed by atoms with Crippen LogP contribution in [0.4, 0.5) is 4.39 Å². The monoisotopic (exact) mass is 396 g/mol. The van der Waals surface area contributed by atoms with Gasteiger partial charge in [0.2, 0.25) is 5.82 Å². The molecule has 0 radical (unpaired) electrons. The zero-order valence-electron chi connectivity index (χ0n) is 16.7. The Kier molecular flexibility index (Phi) is 6.59. The minimum atomic E-state index is -0.358. The number of fused-ring (bicyclic) bond motifs is 1. The van der Waals surface area contributed by atoms with Crippen molar-refractivity contribution in [3.63, 3.8) is 0 Å². The fourth-order valence-electron chi connectivity index (χ4n) is 3.08. The molecule has 0 atom stereocenters. The zero-order valence-corrected chi connectivity index (χ0v) is 16.7. The molecule has 0 aliphatic heterocycles. The highest BCUT2D eigenvalue weighted by Gasteiger charge is 2.23. The number of amides is 2. The summed E-state index contributed by atoms with van der Waals surface area (Å²) in [5.74, 6) is -0.675. The molecule has 152 valence electrons. The number of carbonyl (C=O) groups excluding carboxylic acids is 2. The molecule has 7 heteroatoms. The van der Waals surface area contributed by atoms with E-state index in [1.54, 1.807) is 46.8 Å². The number of nitrogens with zero attached hydrogens (tertiary/aromatic N) is 3. The van der Waals surface area contributed by atoms with Crippen molar-refractivity contribution in [2.45, 2.75) is 26.2 Å². The van der Waals surface area contributed by atoms with Gasteiger partial charge in [-0.3, -0.25) is 14.0 Å². The number of pyridine rings is 1. The van der Waals surface area contributed by atoms with Crippen LogP contribution in [-0.4, -0.2) is 46.2 Å². The Bertz CT molecular complexity index is 998. The predicted octanol–water partition coefficient (Wildman–Crippen LogP) is 3.32. The summed E-state index contributed by atoms with van der Waals surface area (Å²) in [6.45, 7) is 3.09. The summed E-state index contributed by atoms with van der Waals surface area (Å²) in [7, 11) is 1.74. The highest BCUT2D eigenvalue weighted by molar-refractivity contribution is 6.02. The van der Waals surface area contributed by atoms with E-state index in [0.29, 0.717) is 25.0 Å². The van der Waals surface area contributed by atoms with Crippen molar-refractivity contribution in [1.82, 2.24) is 19.6 Å². The van der Waals surface area contributed by atoms with Crippen LogP contribution in [-0.2, 0) is 6.42 Å². The third kappa shape index (κ3) is 4.80. The first kappa shape index (κ1) is 20.5. The van der Waals surface area contributed by atoms with Crippen LogP contribution in [0.25, 0.3) is 5.52 Å². The lowest BCUT2D eigenvalue weighted by atomic mass is 10.1. The molecule has 2 aromatic heterocycles. The number of carbonyl (C=O) groups is 2. The quantitative estimate of drug-likeness (QED) is 0.635. The molecule has 0 aliphatic carbocycles. The Morgan fingerprint density at radius 3 is 2.66 bits per heavy atom. The van der Waals surface area contributed by atoms with E-state index in [1.165, 1.54) is 12.1 Å². The van der Waals surface area contributed by atoms with Gasteiger partial charge in [0.1, 0.15) is 5.82 Å². The minimum Gasteiger partial charge on any atom is -0.349 e. The third-order valence-corrected chi connectivity index (χ3v) is 4.76. The van der Waals surface area contributed by atoms with Crippen LogP contribution in [0.1, 0.15) is 46.4 Å². The first-order chi connectivity index (χ1) is 14.0. The molecule has 6 nitrogen and oxygen atoms in total. The normalized spacial score (nSPS) is 10.9. The molecular weight excluding hydrogens is 371 g/mol. The molecule has 2 heterocycles. The number of imidazole rings is 1. The van der Waals surface area contributed by atoms with Crippen LogP contribution >= 0.6 is 0 Å². The van der Waals surface area contributed by atoms with Crippen LogP contribution in [0.5, 0.6) is 0 Å². The first-order valence-electron chi connectivity index (χ1n) is 9.76. The Hall–Kier alpha value is -3.22. The Morgan fingerprint density at radius 1 is 1.17 bits per heavy atom. The van der Waals surface area contributed by atoms with Crippen LogP contribution in [0, 0.1) is 5.82 Å². The molecule has 1 aromatic carbocycles. The summed E-state index contributed by atoms with van der Waals surface area (Å²) in [5.41, 5.74) is 1.80. The van der Waals surface area contributed by atoms with Gasteiger partial charge in [-0.25, -0.2) is 9.37 Å². The molecular formula is C22H25FN4O2.